The maximum Gasteiger partial charge on any atom is 0.225 e. The summed E-state index contributed by atoms with van der Waals surface area (Å²) < 4.78 is 0. The lowest BCUT2D eigenvalue weighted by atomic mass is 10.2. The van der Waals surface area contributed by atoms with Crippen LogP contribution >= 0.6 is 0 Å². The van der Waals surface area contributed by atoms with Crippen LogP contribution in [0.3, 0.4) is 0 Å². The van der Waals surface area contributed by atoms with Crippen molar-refractivity contribution in [2.45, 2.75) is 25.4 Å². The SMILES string of the molecule is c1ccc(CNc2cc(-c3ccccn3)nc(NC3CC3)n2)cc1. The van der Waals surface area contributed by atoms with Crippen molar-refractivity contribution in [2.24, 2.45) is 0 Å². The van der Waals surface area contributed by atoms with Gasteiger partial charge in [-0.1, -0.05) is 36.4 Å². The molecule has 120 valence electrons. The Morgan fingerprint density at radius 2 is 1.75 bits per heavy atom. The molecule has 0 spiro atoms. The predicted molar refractivity (Wildman–Crippen MR) is 95.7 cm³/mol. The van der Waals surface area contributed by atoms with Gasteiger partial charge in [0.1, 0.15) is 5.82 Å². The van der Waals surface area contributed by atoms with E-state index in [1.165, 1.54) is 18.4 Å². The van der Waals surface area contributed by atoms with Crippen LogP contribution < -0.4 is 10.6 Å². The van der Waals surface area contributed by atoms with E-state index in [4.69, 9.17) is 0 Å². The smallest absolute Gasteiger partial charge is 0.225 e. The summed E-state index contributed by atoms with van der Waals surface area (Å²) >= 11 is 0. The van der Waals surface area contributed by atoms with Crippen molar-refractivity contribution in [3.05, 3.63) is 66.4 Å². The van der Waals surface area contributed by atoms with E-state index in [1.54, 1.807) is 6.20 Å². The van der Waals surface area contributed by atoms with E-state index in [0.29, 0.717) is 12.0 Å². The molecule has 5 heteroatoms. The molecule has 1 aliphatic rings. The first kappa shape index (κ1) is 14.6. The standard InChI is InChI=1S/C19H19N5/c1-2-6-14(7-3-1)13-21-18-12-17(16-8-4-5-11-20-16)23-19(24-18)22-15-9-10-15/h1-8,11-12,15H,9-10,13H2,(H2,21,22,23,24). The molecule has 1 aliphatic carbocycles. The van der Waals surface area contributed by atoms with E-state index in [0.717, 1.165) is 23.8 Å². The number of anilines is 2. The first-order valence-corrected chi connectivity index (χ1v) is 8.22. The minimum absolute atomic E-state index is 0.506. The fourth-order valence-electron chi connectivity index (χ4n) is 2.45. The van der Waals surface area contributed by atoms with Gasteiger partial charge in [-0.2, -0.15) is 4.98 Å². The molecule has 4 rings (SSSR count). The molecule has 5 nitrogen and oxygen atoms in total. The molecule has 1 saturated carbocycles. The zero-order valence-electron chi connectivity index (χ0n) is 13.3. The molecule has 2 heterocycles. The highest BCUT2D eigenvalue weighted by molar-refractivity contribution is 5.61. The van der Waals surface area contributed by atoms with Crippen molar-refractivity contribution in [2.75, 3.05) is 10.6 Å². The van der Waals surface area contributed by atoms with Crippen LogP contribution in [0.4, 0.5) is 11.8 Å². The number of benzene rings is 1. The average molecular weight is 317 g/mol. The molecular formula is C19H19N5. The van der Waals surface area contributed by atoms with E-state index in [9.17, 15) is 0 Å². The van der Waals surface area contributed by atoms with Crippen molar-refractivity contribution < 1.29 is 0 Å². The molecule has 0 radical (unpaired) electrons. The molecule has 1 aromatic carbocycles. The maximum absolute atomic E-state index is 4.61. The molecule has 2 N–H and O–H groups in total. The van der Waals surface area contributed by atoms with E-state index in [-0.39, 0.29) is 0 Å². The zero-order chi connectivity index (χ0) is 16.2. The molecule has 24 heavy (non-hydrogen) atoms. The highest BCUT2D eigenvalue weighted by Crippen LogP contribution is 2.25. The monoisotopic (exact) mass is 317 g/mol. The van der Waals surface area contributed by atoms with Crippen LogP contribution in [0.1, 0.15) is 18.4 Å². The van der Waals surface area contributed by atoms with Crippen LogP contribution in [0.25, 0.3) is 11.4 Å². The number of nitrogens with one attached hydrogen (secondary N) is 2. The summed E-state index contributed by atoms with van der Waals surface area (Å²) in [4.78, 5) is 13.6. The fraction of sp³-hybridized carbons (Fsp3) is 0.211. The Bertz CT molecular complexity index is 801. The third-order valence-electron chi connectivity index (χ3n) is 3.88. The number of nitrogens with zero attached hydrogens (tertiary/aromatic N) is 3. The molecule has 2 aromatic heterocycles. The van der Waals surface area contributed by atoms with E-state index in [1.807, 2.05) is 42.5 Å². The van der Waals surface area contributed by atoms with Gasteiger partial charge in [-0.3, -0.25) is 4.98 Å². The molecule has 0 amide bonds. The lowest BCUT2D eigenvalue weighted by Crippen LogP contribution is -2.09. The highest BCUT2D eigenvalue weighted by atomic mass is 15.2. The normalized spacial score (nSPS) is 13.5. The van der Waals surface area contributed by atoms with E-state index < -0.39 is 0 Å². The van der Waals surface area contributed by atoms with Crippen molar-refractivity contribution in [3.63, 3.8) is 0 Å². The molecular weight excluding hydrogens is 298 g/mol. The van der Waals surface area contributed by atoms with Gasteiger partial charge in [0.2, 0.25) is 5.95 Å². The van der Waals surface area contributed by atoms with Crippen molar-refractivity contribution in [1.82, 2.24) is 15.0 Å². The molecule has 3 aromatic rings. The molecule has 0 saturated heterocycles. The van der Waals surface area contributed by atoms with Gasteiger partial charge >= 0.3 is 0 Å². The summed E-state index contributed by atoms with van der Waals surface area (Å²) in [6, 6.07) is 18.6. The third-order valence-corrected chi connectivity index (χ3v) is 3.88. The first-order chi connectivity index (χ1) is 11.9. The topological polar surface area (TPSA) is 62.7 Å². The van der Waals surface area contributed by atoms with Crippen LogP contribution in [0, 0.1) is 0 Å². The zero-order valence-corrected chi connectivity index (χ0v) is 13.3. The lowest BCUT2D eigenvalue weighted by molar-refractivity contribution is 1.03. The number of aromatic nitrogens is 3. The van der Waals surface area contributed by atoms with Gasteiger partial charge in [-0.25, -0.2) is 4.98 Å². The van der Waals surface area contributed by atoms with Crippen molar-refractivity contribution >= 4 is 11.8 Å². The van der Waals surface area contributed by atoms with Crippen molar-refractivity contribution in [3.8, 4) is 11.4 Å². The Balaban J connectivity index is 1.59. The second-order valence-electron chi connectivity index (χ2n) is 5.93. The molecule has 0 aliphatic heterocycles. The largest absolute Gasteiger partial charge is 0.366 e. The quantitative estimate of drug-likeness (QED) is 0.725. The fourth-order valence-corrected chi connectivity index (χ4v) is 2.45. The van der Waals surface area contributed by atoms with Gasteiger partial charge < -0.3 is 10.6 Å². The summed E-state index contributed by atoms with van der Waals surface area (Å²) in [7, 11) is 0. The van der Waals surface area contributed by atoms with Gasteiger partial charge in [0, 0.05) is 24.8 Å². The Labute approximate surface area is 141 Å². The van der Waals surface area contributed by atoms with Gasteiger partial charge in [-0.15, -0.1) is 0 Å². The van der Waals surface area contributed by atoms with Gasteiger partial charge in [0.25, 0.3) is 0 Å². The highest BCUT2D eigenvalue weighted by Gasteiger charge is 2.22. The third kappa shape index (κ3) is 3.68. The van der Waals surface area contributed by atoms with Crippen LogP contribution in [-0.4, -0.2) is 21.0 Å². The van der Waals surface area contributed by atoms with Crippen molar-refractivity contribution in [1.29, 1.82) is 0 Å². The van der Waals surface area contributed by atoms with Gasteiger partial charge in [-0.05, 0) is 30.5 Å². The van der Waals surface area contributed by atoms with E-state index >= 15 is 0 Å². The Kier molecular flexibility index (Phi) is 4.06. The Hall–Kier alpha value is -2.95. The van der Waals surface area contributed by atoms with Gasteiger partial charge in [0.15, 0.2) is 0 Å². The summed E-state index contributed by atoms with van der Waals surface area (Å²) in [6.07, 6.45) is 4.15. The average Bonchev–Trinajstić information content (AvgIpc) is 3.45. The summed E-state index contributed by atoms with van der Waals surface area (Å²) in [6.45, 7) is 0.725. The molecule has 0 unspecified atom stereocenters. The van der Waals surface area contributed by atoms with Gasteiger partial charge in [0.05, 0.1) is 11.4 Å². The molecule has 0 atom stereocenters. The number of hydrogen-bond donors (Lipinski definition) is 2. The summed E-state index contributed by atoms with van der Waals surface area (Å²) in [5.41, 5.74) is 2.89. The van der Waals surface area contributed by atoms with Crippen LogP contribution in [-0.2, 0) is 6.54 Å². The predicted octanol–water partition coefficient (Wildman–Crippen LogP) is 3.73. The van der Waals surface area contributed by atoms with Crippen LogP contribution in [0.2, 0.25) is 0 Å². The van der Waals surface area contributed by atoms with Crippen LogP contribution in [0.5, 0.6) is 0 Å². The second kappa shape index (κ2) is 6.66. The van der Waals surface area contributed by atoms with Crippen LogP contribution in [0.15, 0.2) is 60.8 Å². The Morgan fingerprint density at radius 3 is 2.50 bits per heavy atom. The van der Waals surface area contributed by atoms with E-state index in [2.05, 4.69) is 37.7 Å². The molecule has 1 fully saturated rings. The summed E-state index contributed by atoms with van der Waals surface area (Å²) in [5.74, 6) is 1.47. The first-order valence-electron chi connectivity index (χ1n) is 8.22. The number of hydrogen-bond acceptors (Lipinski definition) is 5. The Morgan fingerprint density at radius 1 is 0.917 bits per heavy atom. The maximum atomic E-state index is 4.61. The minimum atomic E-state index is 0.506. The second-order valence-corrected chi connectivity index (χ2v) is 5.93. The number of pyridine rings is 1. The minimum Gasteiger partial charge on any atom is -0.366 e. The molecule has 0 bridgehead atoms. The lowest BCUT2D eigenvalue weighted by Gasteiger charge is -2.11. The summed E-state index contributed by atoms with van der Waals surface area (Å²) in [5, 5.41) is 6.76. The number of rotatable bonds is 6.